The number of alkyl halides is 1. The van der Waals surface area contributed by atoms with Crippen LogP contribution in [0, 0.1) is 35.0 Å². The van der Waals surface area contributed by atoms with Gasteiger partial charge in [0.05, 0.1) is 19.7 Å². The molecule has 0 radical (unpaired) electrons. The molecule has 4 heterocycles. The minimum atomic E-state index is -1.52. The number of likely N-dealkylation sites (tertiary alicyclic amines) is 2. The molecule has 1 aromatic rings. The van der Waals surface area contributed by atoms with Gasteiger partial charge in [-0.2, -0.15) is 5.26 Å². The minimum absolute atomic E-state index is 0.0794. The molecule has 1 aliphatic carbocycles. The lowest BCUT2D eigenvalue weighted by Gasteiger charge is -2.39. The number of anilines is 1. The number of rotatable bonds is 4. The number of ether oxygens (including phenoxy) is 2. The van der Waals surface area contributed by atoms with E-state index < -0.39 is 65.5 Å². The second-order valence-electron chi connectivity index (χ2n) is 11.8. The van der Waals surface area contributed by atoms with Crippen LogP contribution in [0.4, 0.5) is 15.0 Å². The van der Waals surface area contributed by atoms with Crippen LogP contribution in [0.15, 0.2) is 18.3 Å². The number of hydrogen-bond acceptors (Lipinski definition) is 8. The summed E-state index contributed by atoms with van der Waals surface area (Å²) in [5.41, 5.74) is -1.52. The Labute approximate surface area is 237 Å². The summed E-state index contributed by atoms with van der Waals surface area (Å²) in [6.45, 7) is 5.27. The first-order valence-electron chi connectivity index (χ1n) is 14.0. The second-order valence-corrected chi connectivity index (χ2v) is 11.8. The Morgan fingerprint density at radius 3 is 2.76 bits per heavy atom. The van der Waals surface area contributed by atoms with Gasteiger partial charge in [0, 0.05) is 19.2 Å². The van der Waals surface area contributed by atoms with Crippen molar-refractivity contribution in [3.05, 3.63) is 18.3 Å². The fraction of sp³-hybridized carbons (Fsp3) is 0.643. The highest BCUT2D eigenvalue weighted by molar-refractivity contribution is 6.01. The van der Waals surface area contributed by atoms with Crippen molar-refractivity contribution in [3.8, 4) is 11.8 Å². The van der Waals surface area contributed by atoms with Crippen LogP contribution >= 0.6 is 0 Å². The molecule has 220 valence electrons. The van der Waals surface area contributed by atoms with E-state index in [1.54, 1.807) is 32.9 Å². The van der Waals surface area contributed by atoms with E-state index in [4.69, 9.17) is 9.47 Å². The third-order valence-electron chi connectivity index (χ3n) is 9.07. The van der Waals surface area contributed by atoms with E-state index in [2.05, 4.69) is 21.7 Å². The molecular weight excluding hydrogens is 535 g/mol. The molecule has 1 saturated carbocycles. The summed E-state index contributed by atoms with van der Waals surface area (Å²) in [6.07, 6.45) is 0.326. The summed E-state index contributed by atoms with van der Waals surface area (Å²) < 4.78 is 25.9. The van der Waals surface area contributed by atoms with Gasteiger partial charge in [-0.05, 0) is 48.6 Å². The van der Waals surface area contributed by atoms with Crippen LogP contribution in [-0.2, 0) is 19.1 Å². The molecule has 5 rings (SSSR count). The number of nitrogens with one attached hydrogen (secondary N) is 2. The van der Waals surface area contributed by atoms with Crippen molar-refractivity contribution in [1.29, 1.82) is 5.26 Å². The van der Waals surface area contributed by atoms with E-state index in [-0.39, 0.29) is 37.2 Å². The van der Waals surface area contributed by atoms with Crippen molar-refractivity contribution >= 4 is 29.6 Å². The minimum Gasteiger partial charge on any atom is -0.472 e. The van der Waals surface area contributed by atoms with Crippen molar-refractivity contribution in [2.24, 2.45) is 23.7 Å². The van der Waals surface area contributed by atoms with Gasteiger partial charge in [0.1, 0.15) is 24.3 Å². The maximum Gasteiger partial charge on any atom is 0.407 e. The lowest BCUT2D eigenvalue weighted by molar-refractivity contribution is -0.148. The van der Waals surface area contributed by atoms with Crippen molar-refractivity contribution in [2.75, 3.05) is 25.5 Å². The predicted octanol–water partition coefficient (Wildman–Crippen LogP) is 1.87. The van der Waals surface area contributed by atoms with E-state index in [0.717, 1.165) is 0 Å². The topological polar surface area (TPSA) is 154 Å². The average Bonchev–Trinajstić information content (AvgIpc) is 3.53. The normalized spacial score (nSPS) is 32.9. The third kappa shape index (κ3) is 4.83. The number of halogens is 1. The Morgan fingerprint density at radius 1 is 1.32 bits per heavy atom. The zero-order valence-electron chi connectivity index (χ0n) is 23.5. The molecule has 1 aromatic heterocycles. The highest BCUT2D eigenvalue weighted by atomic mass is 19.1. The molecule has 3 fully saturated rings. The number of carbonyl (C=O) groups is 4. The highest BCUT2D eigenvalue weighted by Gasteiger charge is 2.60. The van der Waals surface area contributed by atoms with Crippen LogP contribution in [0.5, 0.6) is 5.75 Å². The Balaban J connectivity index is 1.49. The quantitative estimate of drug-likeness (QED) is 0.556. The van der Waals surface area contributed by atoms with Gasteiger partial charge in [-0.1, -0.05) is 20.8 Å². The molecule has 8 atom stereocenters. The van der Waals surface area contributed by atoms with Gasteiger partial charge in [0.2, 0.25) is 17.4 Å². The number of methoxy groups -OCH3 is 1. The summed E-state index contributed by atoms with van der Waals surface area (Å²) in [5, 5.41) is 15.4. The molecule has 0 aromatic carbocycles. The highest BCUT2D eigenvalue weighted by Crippen LogP contribution is 2.47. The molecule has 2 N–H and O–H groups in total. The van der Waals surface area contributed by atoms with Crippen LogP contribution in [0.25, 0.3) is 0 Å². The van der Waals surface area contributed by atoms with Crippen LogP contribution in [-0.4, -0.2) is 88.7 Å². The van der Waals surface area contributed by atoms with Crippen LogP contribution < -0.4 is 15.4 Å². The lowest BCUT2D eigenvalue weighted by atomic mass is 9.70. The van der Waals surface area contributed by atoms with Crippen molar-refractivity contribution in [3.63, 3.8) is 0 Å². The summed E-state index contributed by atoms with van der Waals surface area (Å²) in [4.78, 5) is 60.5. The Kier molecular flexibility index (Phi) is 7.52. The number of nitrogens with zero attached hydrogens (tertiary/aromatic N) is 4. The van der Waals surface area contributed by atoms with E-state index in [9.17, 15) is 24.4 Å². The fourth-order valence-electron chi connectivity index (χ4n) is 6.91. The molecule has 1 spiro atoms. The van der Waals surface area contributed by atoms with E-state index in [1.165, 1.54) is 23.1 Å². The Hall–Kier alpha value is -3.95. The Morgan fingerprint density at radius 2 is 2.07 bits per heavy atom. The lowest BCUT2D eigenvalue weighted by Crippen LogP contribution is -2.59. The van der Waals surface area contributed by atoms with Crippen molar-refractivity contribution < 1.29 is 33.0 Å². The van der Waals surface area contributed by atoms with Gasteiger partial charge >= 0.3 is 6.09 Å². The SMILES string of the molecule is COC(=O)N[C@H](C(=O)N1C[C@@H]2CC[C@@H](F)[C@@H](C)[C@@H]2[C@H]1C(=O)N1C[C@@]2(C[C@H]1C#N)Oc1cccnc1NC2=O)C(C)C. The van der Waals surface area contributed by atoms with Crippen LogP contribution in [0.1, 0.15) is 40.0 Å². The van der Waals surface area contributed by atoms with Gasteiger partial charge in [-0.3, -0.25) is 14.4 Å². The number of nitriles is 1. The zero-order chi connectivity index (χ0) is 29.6. The number of alkyl carbamates (subject to hydrolysis) is 1. The molecule has 12 nitrogen and oxygen atoms in total. The molecule has 3 aliphatic heterocycles. The first kappa shape index (κ1) is 28.6. The molecule has 0 bridgehead atoms. The average molecular weight is 571 g/mol. The summed E-state index contributed by atoms with van der Waals surface area (Å²) in [6, 6.07) is 2.34. The maximum absolute atomic E-state index is 15.0. The first-order valence-corrected chi connectivity index (χ1v) is 14.0. The number of pyridine rings is 1. The van der Waals surface area contributed by atoms with Crippen molar-refractivity contribution in [2.45, 2.75) is 69.9 Å². The number of carbonyl (C=O) groups excluding carboxylic acids is 4. The van der Waals surface area contributed by atoms with Crippen LogP contribution in [0.2, 0.25) is 0 Å². The van der Waals surface area contributed by atoms with Crippen LogP contribution in [0.3, 0.4) is 0 Å². The van der Waals surface area contributed by atoms with Gasteiger partial charge in [-0.25, -0.2) is 14.2 Å². The molecule has 41 heavy (non-hydrogen) atoms. The van der Waals surface area contributed by atoms with E-state index >= 15 is 4.39 Å². The van der Waals surface area contributed by atoms with Gasteiger partial charge in [0.15, 0.2) is 11.6 Å². The summed E-state index contributed by atoms with van der Waals surface area (Å²) in [7, 11) is 1.19. The predicted molar refractivity (Wildman–Crippen MR) is 142 cm³/mol. The van der Waals surface area contributed by atoms with Gasteiger partial charge < -0.3 is 29.9 Å². The van der Waals surface area contributed by atoms with Gasteiger partial charge in [0.25, 0.3) is 5.91 Å². The third-order valence-corrected chi connectivity index (χ3v) is 9.07. The smallest absolute Gasteiger partial charge is 0.407 e. The summed E-state index contributed by atoms with van der Waals surface area (Å²) in [5.74, 6) is -2.44. The standard InChI is InChI=1S/C28H35FN6O6/c1-14(2)21(32-27(39)40-4)24(36)34-12-16-7-8-18(29)15(3)20(16)22(34)25(37)35-13-28(10-17(35)11-30)26(38)33-23-19(41-28)6-5-9-31-23/h5-6,9,14-18,20-22H,7-8,10,12-13H2,1-4H3,(H,32,39)(H,31,33,38)/t15-,16+,17+,18-,20+,21+,22+,28-/m1/s1. The number of amides is 4. The molecule has 2 saturated heterocycles. The first-order chi connectivity index (χ1) is 19.5. The largest absolute Gasteiger partial charge is 0.472 e. The van der Waals surface area contributed by atoms with E-state index in [0.29, 0.717) is 18.6 Å². The molecule has 4 aliphatic rings. The van der Waals surface area contributed by atoms with Crippen molar-refractivity contribution in [1.82, 2.24) is 20.1 Å². The molecular formula is C28H35FN6O6. The second kappa shape index (κ2) is 10.8. The molecule has 0 unspecified atom stereocenters. The number of fused-ring (bicyclic) bond motifs is 2. The van der Waals surface area contributed by atoms with E-state index in [1.807, 2.05) is 0 Å². The Bertz CT molecular complexity index is 1290. The zero-order valence-corrected chi connectivity index (χ0v) is 23.5. The summed E-state index contributed by atoms with van der Waals surface area (Å²) >= 11 is 0. The molecule has 13 heteroatoms. The fourth-order valence-corrected chi connectivity index (χ4v) is 6.91. The number of hydrogen-bond donors (Lipinski definition) is 2. The maximum atomic E-state index is 15.0. The molecule has 4 amide bonds. The monoisotopic (exact) mass is 570 g/mol. The van der Waals surface area contributed by atoms with Gasteiger partial charge in [-0.15, -0.1) is 0 Å². The number of aromatic nitrogens is 1.